The Balaban J connectivity index is 2.40. The predicted octanol–water partition coefficient (Wildman–Crippen LogP) is 3.46. The summed E-state index contributed by atoms with van der Waals surface area (Å²) in [5.41, 5.74) is 5.82. The maximum atomic E-state index is 7.50. The lowest BCUT2D eigenvalue weighted by atomic mass is 10.2. The number of pyridine rings is 1. The Kier molecular flexibility index (Phi) is 3.69. The molecule has 0 unspecified atom stereocenters. The van der Waals surface area contributed by atoms with Crippen molar-refractivity contribution in [2.45, 2.75) is 0 Å². The van der Waals surface area contributed by atoms with E-state index in [1.807, 2.05) is 0 Å². The van der Waals surface area contributed by atoms with Crippen LogP contribution in [0.15, 0.2) is 36.7 Å². The number of hydrogen-bond donors (Lipinski definition) is 2. The van der Waals surface area contributed by atoms with Crippen LogP contribution < -0.4 is 10.5 Å². The number of hydrogen-bond acceptors (Lipinski definition) is 3. The van der Waals surface area contributed by atoms with Gasteiger partial charge in [-0.1, -0.05) is 29.3 Å². The van der Waals surface area contributed by atoms with E-state index in [0.29, 0.717) is 27.1 Å². The molecule has 0 atom stereocenters. The molecule has 0 spiro atoms. The Labute approximate surface area is 114 Å². The van der Waals surface area contributed by atoms with Crippen molar-refractivity contribution in [3.63, 3.8) is 0 Å². The number of benzene rings is 1. The molecule has 6 heteroatoms. The van der Waals surface area contributed by atoms with E-state index in [1.165, 1.54) is 12.4 Å². The maximum absolute atomic E-state index is 7.50. The van der Waals surface area contributed by atoms with E-state index in [9.17, 15) is 0 Å². The zero-order valence-corrected chi connectivity index (χ0v) is 10.7. The summed E-state index contributed by atoms with van der Waals surface area (Å²) in [6.45, 7) is 0. The number of amidine groups is 1. The summed E-state index contributed by atoms with van der Waals surface area (Å²) in [7, 11) is 0. The molecule has 2 aromatic rings. The average Bonchev–Trinajstić information content (AvgIpc) is 2.28. The van der Waals surface area contributed by atoms with Crippen LogP contribution in [-0.4, -0.2) is 10.8 Å². The summed E-state index contributed by atoms with van der Waals surface area (Å²) >= 11 is 11.8. The molecule has 0 amide bonds. The van der Waals surface area contributed by atoms with Crippen LogP contribution in [-0.2, 0) is 0 Å². The molecule has 0 aliphatic carbocycles. The zero-order chi connectivity index (χ0) is 13.1. The number of aromatic nitrogens is 1. The first-order valence-corrected chi connectivity index (χ1v) is 5.75. The van der Waals surface area contributed by atoms with Crippen molar-refractivity contribution < 1.29 is 4.74 Å². The Morgan fingerprint density at radius 2 is 2.06 bits per heavy atom. The summed E-state index contributed by atoms with van der Waals surface area (Å²) in [4.78, 5) is 3.90. The van der Waals surface area contributed by atoms with E-state index >= 15 is 0 Å². The van der Waals surface area contributed by atoms with Gasteiger partial charge in [0.2, 0.25) is 0 Å². The van der Waals surface area contributed by atoms with Crippen molar-refractivity contribution in [2.75, 3.05) is 0 Å². The first kappa shape index (κ1) is 12.7. The van der Waals surface area contributed by atoms with E-state index in [1.54, 1.807) is 24.3 Å². The van der Waals surface area contributed by atoms with Crippen LogP contribution in [0, 0.1) is 5.41 Å². The normalized spacial score (nSPS) is 10.1. The van der Waals surface area contributed by atoms with E-state index in [0.717, 1.165) is 0 Å². The maximum Gasteiger partial charge on any atom is 0.147 e. The van der Waals surface area contributed by atoms with E-state index in [4.69, 9.17) is 39.1 Å². The number of nitrogens with one attached hydrogen (secondary N) is 1. The van der Waals surface area contributed by atoms with Gasteiger partial charge in [-0.05, 0) is 12.1 Å². The topological polar surface area (TPSA) is 72.0 Å². The highest BCUT2D eigenvalue weighted by molar-refractivity contribution is 6.34. The summed E-state index contributed by atoms with van der Waals surface area (Å²) in [5, 5.41) is 8.31. The lowest BCUT2D eigenvalue weighted by Gasteiger charge is -2.11. The minimum Gasteiger partial charge on any atom is -0.455 e. The van der Waals surface area contributed by atoms with Gasteiger partial charge in [0.15, 0.2) is 0 Å². The van der Waals surface area contributed by atoms with Crippen LogP contribution in [0.3, 0.4) is 0 Å². The summed E-state index contributed by atoms with van der Waals surface area (Å²) in [6, 6.07) is 6.63. The number of halogens is 2. The van der Waals surface area contributed by atoms with Crippen LogP contribution in [0.25, 0.3) is 0 Å². The fourth-order valence-electron chi connectivity index (χ4n) is 1.43. The van der Waals surface area contributed by atoms with Crippen molar-refractivity contribution in [3.8, 4) is 11.5 Å². The molecule has 18 heavy (non-hydrogen) atoms. The lowest BCUT2D eigenvalue weighted by Crippen LogP contribution is -2.13. The highest BCUT2D eigenvalue weighted by Crippen LogP contribution is 2.30. The van der Waals surface area contributed by atoms with Gasteiger partial charge in [0.1, 0.15) is 17.3 Å². The molecule has 3 N–H and O–H groups in total. The van der Waals surface area contributed by atoms with E-state index < -0.39 is 0 Å². The van der Waals surface area contributed by atoms with Crippen LogP contribution >= 0.6 is 23.2 Å². The summed E-state index contributed by atoms with van der Waals surface area (Å²) in [6.07, 6.45) is 3.01. The average molecular weight is 282 g/mol. The van der Waals surface area contributed by atoms with Gasteiger partial charge in [0, 0.05) is 12.3 Å². The monoisotopic (exact) mass is 281 g/mol. The number of rotatable bonds is 3. The summed E-state index contributed by atoms with van der Waals surface area (Å²) < 4.78 is 5.58. The molecular weight excluding hydrogens is 273 g/mol. The van der Waals surface area contributed by atoms with Crippen molar-refractivity contribution >= 4 is 29.0 Å². The first-order chi connectivity index (χ1) is 8.58. The lowest BCUT2D eigenvalue weighted by molar-refractivity contribution is 0.479. The minimum absolute atomic E-state index is 0.161. The molecular formula is C12H9Cl2N3O. The van der Waals surface area contributed by atoms with Crippen LogP contribution in [0.5, 0.6) is 11.5 Å². The second-order valence-electron chi connectivity index (χ2n) is 3.47. The fourth-order valence-corrected chi connectivity index (χ4v) is 1.86. The highest BCUT2D eigenvalue weighted by atomic mass is 35.5. The third kappa shape index (κ3) is 2.72. The minimum atomic E-state index is -0.161. The molecule has 0 saturated carbocycles. The highest BCUT2D eigenvalue weighted by Gasteiger charge is 2.12. The number of nitrogen functional groups attached to an aromatic ring is 1. The van der Waals surface area contributed by atoms with Gasteiger partial charge in [-0.15, -0.1) is 0 Å². The molecule has 92 valence electrons. The van der Waals surface area contributed by atoms with Gasteiger partial charge in [-0.3, -0.25) is 10.4 Å². The molecule has 0 aliphatic rings. The molecule has 1 heterocycles. The standard InChI is InChI=1S/C12H9Cl2N3O/c13-7-4-8(6-17-5-7)18-10-3-1-2-9(14)11(10)12(15)16/h1-6H,(H3,15,16). The largest absolute Gasteiger partial charge is 0.455 e. The SMILES string of the molecule is N=C(N)c1c(Cl)cccc1Oc1cncc(Cl)c1. The van der Waals surface area contributed by atoms with Gasteiger partial charge in [-0.25, -0.2) is 0 Å². The molecule has 0 bridgehead atoms. The third-order valence-corrected chi connectivity index (χ3v) is 2.67. The fraction of sp³-hybridized carbons (Fsp3) is 0. The van der Waals surface area contributed by atoms with Crippen LogP contribution in [0.1, 0.15) is 5.56 Å². The molecule has 0 fully saturated rings. The van der Waals surface area contributed by atoms with E-state index in [-0.39, 0.29) is 5.84 Å². The quantitative estimate of drug-likeness (QED) is 0.668. The smallest absolute Gasteiger partial charge is 0.147 e. The number of ether oxygens (including phenoxy) is 1. The van der Waals surface area contributed by atoms with Crippen molar-refractivity contribution in [3.05, 3.63) is 52.3 Å². The second-order valence-corrected chi connectivity index (χ2v) is 4.31. The molecule has 1 aromatic heterocycles. The predicted molar refractivity (Wildman–Crippen MR) is 71.8 cm³/mol. The molecule has 0 aliphatic heterocycles. The zero-order valence-electron chi connectivity index (χ0n) is 9.15. The van der Waals surface area contributed by atoms with E-state index in [2.05, 4.69) is 4.98 Å². The molecule has 0 saturated heterocycles. The molecule has 4 nitrogen and oxygen atoms in total. The van der Waals surface area contributed by atoms with Gasteiger partial charge in [0.05, 0.1) is 21.8 Å². The number of nitrogens with zero attached hydrogens (tertiary/aromatic N) is 1. The van der Waals surface area contributed by atoms with Crippen LogP contribution in [0.2, 0.25) is 10.0 Å². The Morgan fingerprint density at radius 3 is 2.72 bits per heavy atom. The Bertz CT molecular complexity index is 602. The van der Waals surface area contributed by atoms with Gasteiger partial charge >= 0.3 is 0 Å². The summed E-state index contributed by atoms with van der Waals surface area (Å²) in [5.74, 6) is 0.678. The van der Waals surface area contributed by atoms with Crippen molar-refractivity contribution in [2.24, 2.45) is 5.73 Å². The Morgan fingerprint density at radius 1 is 1.28 bits per heavy atom. The second kappa shape index (κ2) is 5.25. The molecule has 2 rings (SSSR count). The first-order valence-electron chi connectivity index (χ1n) is 4.99. The number of nitrogens with two attached hydrogens (primary N) is 1. The van der Waals surface area contributed by atoms with Gasteiger partial charge in [0.25, 0.3) is 0 Å². The van der Waals surface area contributed by atoms with Crippen molar-refractivity contribution in [1.29, 1.82) is 5.41 Å². The third-order valence-electron chi connectivity index (χ3n) is 2.15. The van der Waals surface area contributed by atoms with Gasteiger partial charge < -0.3 is 10.5 Å². The molecule has 1 aromatic carbocycles. The van der Waals surface area contributed by atoms with Gasteiger partial charge in [-0.2, -0.15) is 0 Å². The molecule has 0 radical (unpaired) electrons. The van der Waals surface area contributed by atoms with Crippen LogP contribution in [0.4, 0.5) is 0 Å². The Hall–Kier alpha value is -1.78. The van der Waals surface area contributed by atoms with Crippen molar-refractivity contribution in [1.82, 2.24) is 4.98 Å².